The molecule has 0 saturated carbocycles. The third kappa shape index (κ3) is 6.76. The van der Waals surface area contributed by atoms with Crippen molar-refractivity contribution < 1.29 is 28.7 Å². The van der Waals surface area contributed by atoms with E-state index in [9.17, 15) is 19.2 Å². The van der Waals surface area contributed by atoms with Gasteiger partial charge in [0.1, 0.15) is 5.82 Å². The van der Waals surface area contributed by atoms with Gasteiger partial charge < -0.3 is 30.3 Å². The molecule has 0 aliphatic carbocycles. The molecule has 1 saturated heterocycles. The van der Waals surface area contributed by atoms with E-state index in [1.165, 1.54) is 30.3 Å². The molecule has 0 unspecified atom stereocenters. The van der Waals surface area contributed by atoms with Gasteiger partial charge in [-0.25, -0.2) is 14.6 Å². The largest absolute Gasteiger partial charge is 0.453 e. The fourth-order valence-electron chi connectivity index (χ4n) is 2.82. The first-order chi connectivity index (χ1) is 14.2. The van der Waals surface area contributed by atoms with Crippen molar-refractivity contribution in [3.05, 3.63) is 23.4 Å². The summed E-state index contributed by atoms with van der Waals surface area (Å²) < 4.78 is 9.78. The second-order valence-corrected chi connectivity index (χ2v) is 7.24. The lowest BCUT2D eigenvalue weighted by Gasteiger charge is -2.38. The Balaban J connectivity index is 2.02. The summed E-state index contributed by atoms with van der Waals surface area (Å²) in [5.74, 6) is -1.67. The molecule has 1 aromatic rings. The van der Waals surface area contributed by atoms with E-state index in [1.54, 1.807) is 13.8 Å². The minimum Gasteiger partial charge on any atom is -0.453 e. The van der Waals surface area contributed by atoms with Crippen LogP contribution in [0.5, 0.6) is 0 Å². The molecular formula is C18H24ClN5O6. The average Bonchev–Trinajstić information content (AvgIpc) is 2.69. The standard InChI is InChI=1S/C18H24ClN5O6/c1-10(2)30-17(27)22-13-9-24(18(28)29-3)7-6-12(13)21-15(25)16(26)23-14-5-4-11(19)8-20-14/h4-5,8,10,12-13H,6-7,9H2,1-3H3,(H,21,25)(H,22,27)(H,20,23,26)/t12-,13+/m0/s1. The van der Waals surface area contributed by atoms with E-state index in [0.717, 1.165) is 0 Å². The summed E-state index contributed by atoms with van der Waals surface area (Å²) >= 11 is 5.74. The summed E-state index contributed by atoms with van der Waals surface area (Å²) in [6.45, 7) is 3.73. The van der Waals surface area contributed by atoms with Gasteiger partial charge in [-0.05, 0) is 32.4 Å². The number of likely N-dealkylation sites (tertiary alicyclic amines) is 1. The van der Waals surface area contributed by atoms with Crippen molar-refractivity contribution in [1.29, 1.82) is 0 Å². The molecule has 2 atom stereocenters. The van der Waals surface area contributed by atoms with E-state index >= 15 is 0 Å². The summed E-state index contributed by atoms with van der Waals surface area (Å²) in [4.78, 5) is 53.6. The van der Waals surface area contributed by atoms with Gasteiger partial charge in [-0.1, -0.05) is 11.6 Å². The van der Waals surface area contributed by atoms with Crippen molar-refractivity contribution in [3.63, 3.8) is 0 Å². The normalized spacial score (nSPS) is 18.4. The zero-order valence-corrected chi connectivity index (χ0v) is 17.6. The van der Waals surface area contributed by atoms with Crippen LogP contribution in [0, 0.1) is 0 Å². The molecule has 0 bridgehead atoms. The fourth-order valence-corrected chi connectivity index (χ4v) is 2.93. The number of carbonyl (C=O) groups is 4. The summed E-state index contributed by atoms with van der Waals surface area (Å²) in [7, 11) is 1.25. The smallest absolute Gasteiger partial charge is 0.409 e. The molecule has 4 amide bonds. The number of piperidine rings is 1. The van der Waals surface area contributed by atoms with Gasteiger partial charge in [0.2, 0.25) is 0 Å². The molecule has 1 fully saturated rings. The van der Waals surface area contributed by atoms with Gasteiger partial charge in [-0.15, -0.1) is 0 Å². The Kier molecular flexibility index (Phi) is 8.22. The van der Waals surface area contributed by atoms with Crippen molar-refractivity contribution in [2.24, 2.45) is 0 Å². The summed E-state index contributed by atoms with van der Waals surface area (Å²) in [5, 5.41) is 7.95. The number of nitrogens with one attached hydrogen (secondary N) is 3. The lowest BCUT2D eigenvalue weighted by molar-refractivity contribution is -0.136. The number of aromatic nitrogens is 1. The topological polar surface area (TPSA) is 139 Å². The number of amides is 4. The molecule has 3 N–H and O–H groups in total. The van der Waals surface area contributed by atoms with Crippen LogP contribution in [0.15, 0.2) is 18.3 Å². The van der Waals surface area contributed by atoms with E-state index in [-0.39, 0.29) is 25.0 Å². The number of anilines is 1. The van der Waals surface area contributed by atoms with Crippen LogP contribution in [-0.4, -0.2) is 72.3 Å². The number of pyridine rings is 1. The van der Waals surface area contributed by atoms with E-state index in [4.69, 9.17) is 21.1 Å². The van der Waals surface area contributed by atoms with Crippen LogP contribution in [0.3, 0.4) is 0 Å². The third-order valence-corrected chi connectivity index (χ3v) is 4.41. The highest BCUT2D eigenvalue weighted by atomic mass is 35.5. The lowest BCUT2D eigenvalue weighted by Crippen LogP contribution is -2.62. The van der Waals surface area contributed by atoms with Crippen LogP contribution in [0.1, 0.15) is 20.3 Å². The molecule has 1 aliphatic rings. The predicted molar refractivity (Wildman–Crippen MR) is 107 cm³/mol. The van der Waals surface area contributed by atoms with Crippen LogP contribution in [0.25, 0.3) is 0 Å². The molecule has 12 heteroatoms. The highest BCUT2D eigenvalue weighted by molar-refractivity contribution is 6.39. The Bertz CT molecular complexity index is 788. The quantitative estimate of drug-likeness (QED) is 0.595. The number of ether oxygens (including phenoxy) is 2. The Morgan fingerprint density at radius 2 is 1.90 bits per heavy atom. The number of hydrogen-bond donors (Lipinski definition) is 3. The maximum absolute atomic E-state index is 12.3. The van der Waals surface area contributed by atoms with Gasteiger partial charge in [0, 0.05) is 19.3 Å². The van der Waals surface area contributed by atoms with Crippen molar-refractivity contribution in [2.75, 3.05) is 25.5 Å². The minimum absolute atomic E-state index is 0.0746. The molecule has 30 heavy (non-hydrogen) atoms. The third-order valence-electron chi connectivity index (χ3n) is 4.18. The maximum atomic E-state index is 12.3. The Morgan fingerprint density at radius 3 is 2.50 bits per heavy atom. The first-order valence-electron chi connectivity index (χ1n) is 9.23. The van der Waals surface area contributed by atoms with E-state index in [0.29, 0.717) is 11.4 Å². The monoisotopic (exact) mass is 441 g/mol. The van der Waals surface area contributed by atoms with Crippen LogP contribution < -0.4 is 16.0 Å². The molecule has 1 aromatic heterocycles. The van der Waals surface area contributed by atoms with Crippen LogP contribution in [0.4, 0.5) is 15.4 Å². The predicted octanol–water partition coefficient (Wildman–Crippen LogP) is 1.13. The van der Waals surface area contributed by atoms with Gasteiger partial charge in [0.15, 0.2) is 0 Å². The molecule has 0 aromatic carbocycles. The van der Waals surface area contributed by atoms with Gasteiger partial charge in [0.05, 0.1) is 30.3 Å². The number of methoxy groups -OCH3 is 1. The van der Waals surface area contributed by atoms with Gasteiger partial charge >= 0.3 is 24.0 Å². The van der Waals surface area contributed by atoms with Gasteiger partial charge in [-0.2, -0.15) is 0 Å². The Labute approximate surface area is 178 Å². The molecule has 2 heterocycles. The van der Waals surface area contributed by atoms with Crippen LogP contribution in [-0.2, 0) is 19.1 Å². The van der Waals surface area contributed by atoms with Crippen molar-refractivity contribution in [1.82, 2.24) is 20.5 Å². The number of alkyl carbamates (subject to hydrolysis) is 1. The SMILES string of the molecule is COC(=O)N1CC[C@H](NC(=O)C(=O)Nc2ccc(Cl)cn2)[C@H](NC(=O)OC(C)C)C1. The number of hydrogen-bond acceptors (Lipinski definition) is 7. The summed E-state index contributed by atoms with van der Waals surface area (Å²) in [6, 6.07) is 1.68. The molecule has 0 radical (unpaired) electrons. The van der Waals surface area contributed by atoms with E-state index in [2.05, 4.69) is 20.9 Å². The first-order valence-corrected chi connectivity index (χ1v) is 9.60. The molecule has 1 aliphatic heterocycles. The number of carbonyl (C=O) groups excluding carboxylic acids is 4. The lowest BCUT2D eigenvalue weighted by atomic mass is 9.99. The molecule has 0 spiro atoms. The van der Waals surface area contributed by atoms with E-state index in [1.807, 2.05) is 0 Å². The van der Waals surface area contributed by atoms with Gasteiger partial charge in [-0.3, -0.25) is 9.59 Å². The minimum atomic E-state index is -0.927. The van der Waals surface area contributed by atoms with Crippen LogP contribution >= 0.6 is 11.6 Å². The Morgan fingerprint density at radius 1 is 1.17 bits per heavy atom. The zero-order valence-electron chi connectivity index (χ0n) is 16.8. The highest BCUT2D eigenvalue weighted by Crippen LogP contribution is 2.14. The average molecular weight is 442 g/mol. The van der Waals surface area contributed by atoms with Gasteiger partial charge in [0.25, 0.3) is 0 Å². The highest BCUT2D eigenvalue weighted by Gasteiger charge is 2.35. The molecule has 164 valence electrons. The van der Waals surface area contributed by atoms with Crippen molar-refractivity contribution in [2.45, 2.75) is 38.5 Å². The molecular weight excluding hydrogens is 418 g/mol. The second-order valence-electron chi connectivity index (χ2n) is 6.81. The van der Waals surface area contributed by atoms with Crippen molar-refractivity contribution >= 4 is 41.4 Å². The summed E-state index contributed by atoms with van der Waals surface area (Å²) in [5.41, 5.74) is 0. The molecule has 11 nitrogen and oxygen atoms in total. The fraction of sp³-hybridized carbons (Fsp3) is 0.500. The zero-order chi connectivity index (χ0) is 22.3. The van der Waals surface area contributed by atoms with Crippen molar-refractivity contribution in [3.8, 4) is 0 Å². The molecule has 2 rings (SSSR count). The first kappa shape index (κ1) is 23.2. The number of halogens is 1. The number of nitrogens with zero attached hydrogens (tertiary/aromatic N) is 2. The van der Waals surface area contributed by atoms with Crippen LogP contribution in [0.2, 0.25) is 5.02 Å². The Hall–Kier alpha value is -3.08. The second kappa shape index (κ2) is 10.6. The number of rotatable bonds is 4. The summed E-state index contributed by atoms with van der Waals surface area (Å²) in [6.07, 6.45) is 0.0137. The maximum Gasteiger partial charge on any atom is 0.409 e. The van der Waals surface area contributed by atoms with E-state index < -0.39 is 36.1 Å².